The number of furan rings is 1. The van der Waals surface area contributed by atoms with E-state index < -0.39 is 10.8 Å². The lowest BCUT2D eigenvalue weighted by Crippen LogP contribution is -2.33. The Balaban J connectivity index is 1.27. The molecule has 0 unspecified atom stereocenters. The van der Waals surface area contributed by atoms with Crippen LogP contribution in [0, 0.1) is 17.0 Å². The highest BCUT2D eigenvalue weighted by atomic mass is 35.5. The maximum atomic E-state index is 12.6. The van der Waals surface area contributed by atoms with Crippen LogP contribution in [0.4, 0.5) is 11.4 Å². The highest BCUT2D eigenvalue weighted by Crippen LogP contribution is 2.31. The summed E-state index contributed by atoms with van der Waals surface area (Å²) in [5, 5.41) is 17.1. The largest absolute Gasteiger partial charge is 0.451 e. The van der Waals surface area contributed by atoms with Gasteiger partial charge < -0.3 is 14.2 Å². The van der Waals surface area contributed by atoms with Gasteiger partial charge in [-0.15, -0.1) is 0 Å². The molecule has 0 fully saturated rings. The molecule has 2 aromatic heterocycles. The fraction of sp³-hybridized carbons (Fsp3) is 0.0385. The van der Waals surface area contributed by atoms with Crippen LogP contribution in [0.1, 0.15) is 16.1 Å². The Morgan fingerprint density at radius 1 is 1.05 bits per heavy atom. The van der Waals surface area contributed by atoms with Crippen LogP contribution in [0.2, 0.25) is 5.02 Å². The van der Waals surface area contributed by atoms with Crippen molar-refractivity contribution in [2.45, 2.75) is 6.92 Å². The van der Waals surface area contributed by atoms with Crippen LogP contribution in [0.3, 0.4) is 0 Å². The van der Waals surface area contributed by atoms with Crippen molar-refractivity contribution < 1.29 is 18.6 Å². The van der Waals surface area contributed by atoms with Crippen molar-refractivity contribution in [2.75, 3.05) is 5.32 Å². The van der Waals surface area contributed by atoms with Gasteiger partial charge in [0.15, 0.2) is 16.5 Å². The van der Waals surface area contributed by atoms with Gasteiger partial charge in [-0.3, -0.25) is 20.2 Å². The molecule has 0 aliphatic rings. The number of fused-ring (bicyclic) bond motifs is 1. The summed E-state index contributed by atoms with van der Waals surface area (Å²) in [5.41, 5.74) is 3.84. The molecule has 0 aliphatic heterocycles. The van der Waals surface area contributed by atoms with E-state index in [0.717, 1.165) is 5.56 Å². The summed E-state index contributed by atoms with van der Waals surface area (Å²) in [6, 6.07) is 19.8. The zero-order valence-corrected chi connectivity index (χ0v) is 20.7. The zero-order chi connectivity index (χ0) is 26.1. The summed E-state index contributed by atoms with van der Waals surface area (Å²) in [6.07, 6.45) is 0. The number of nitrogens with zero attached hydrogens (tertiary/aromatic N) is 2. The number of rotatable bonds is 5. The summed E-state index contributed by atoms with van der Waals surface area (Å²) in [6.45, 7) is 1.95. The number of benzene rings is 3. The fourth-order valence-corrected chi connectivity index (χ4v) is 4.16. The third-order valence-electron chi connectivity index (χ3n) is 5.40. The van der Waals surface area contributed by atoms with Crippen LogP contribution in [-0.2, 0) is 0 Å². The maximum absolute atomic E-state index is 12.6. The number of nitro groups is 1. The Morgan fingerprint density at radius 3 is 2.68 bits per heavy atom. The van der Waals surface area contributed by atoms with Gasteiger partial charge in [-0.05, 0) is 67.2 Å². The predicted molar refractivity (Wildman–Crippen MR) is 144 cm³/mol. The quantitative estimate of drug-likeness (QED) is 0.145. The number of anilines is 1. The van der Waals surface area contributed by atoms with Gasteiger partial charge in [-0.1, -0.05) is 29.8 Å². The van der Waals surface area contributed by atoms with E-state index in [1.165, 1.54) is 18.2 Å². The van der Waals surface area contributed by atoms with Gasteiger partial charge in [0.05, 0.1) is 15.5 Å². The second-order valence-electron chi connectivity index (χ2n) is 8.06. The van der Waals surface area contributed by atoms with E-state index in [1.54, 1.807) is 36.4 Å². The molecule has 5 rings (SSSR count). The molecule has 37 heavy (non-hydrogen) atoms. The minimum atomic E-state index is -0.576. The topological polar surface area (TPSA) is 123 Å². The van der Waals surface area contributed by atoms with Gasteiger partial charge in [0, 0.05) is 23.4 Å². The number of non-ortho nitro benzene ring substituents is 1. The molecule has 3 aromatic carbocycles. The smallest absolute Gasteiger partial charge is 0.293 e. The first-order valence-electron chi connectivity index (χ1n) is 10.9. The molecule has 9 nitrogen and oxygen atoms in total. The third kappa shape index (κ3) is 5.20. The van der Waals surface area contributed by atoms with Crippen molar-refractivity contribution in [3.05, 3.63) is 99.3 Å². The monoisotopic (exact) mass is 532 g/mol. The summed E-state index contributed by atoms with van der Waals surface area (Å²) in [4.78, 5) is 27.6. The van der Waals surface area contributed by atoms with E-state index in [1.807, 2.05) is 25.1 Å². The molecule has 1 amide bonds. The summed E-state index contributed by atoms with van der Waals surface area (Å²) in [5.74, 6) is 0.129. The first kappa shape index (κ1) is 24.2. The number of hydrogen-bond donors (Lipinski definition) is 2. The van der Waals surface area contributed by atoms with Gasteiger partial charge in [-0.25, -0.2) is 4.98 Å². The Morgan fingerprint density at radius 2 is 1.89 bits per heavy atom. The Labute approximate surface area is 220 Å². The highest BCUT2D eigenvalue weighted by Gasteiger charge is 2.16. The Hall–Kier alpha value is -4.54. The standard InChI is InChI=1S/C26H17ClN4O5S/c1-14-5-7-18(19(27)11-14)25-29-20-13-16(6-8-22(20)36-25)28-26(37)30-24(32)23-10-9-21(35-23)15-3-2-4-17(12-15)31(33)34/h2-13H,1H3,(H2,28,30,32,37). The average molecular weight is 533 g/mol. The first-order chi connectivity index (χ1) is 17.8. The fourth-order valence-electron chi connectivity index (χ4n) is 3.63. The van der Waals surface area contributed by atoms with E-state index >= 15 is 0 Å². The second-order valence-corrected chi connectivity index (χ2v) is 8.88. The van der Waals surface area contributed by atoms with E-state index in [9.17, 15) is 14.9 Å². The number of aryl methyl sites for hydroxylation is 1. The number of carbonyl (C=O) groups excluding carboxylic acids is 1. The molecule has 184 valence electrons. The Kier molecular flexibility index (Phi) is 6.43. The number of amides is 1. The van der Waals surface area contributed by atoms with Crippen LogP contribution in [0.25, 0.3) is 33.9 Å². The average Bonchev–Trinajstić information content (AvgIpc) is 3.51. The van der Waals surface area contributed by atoms with Gasteiger partial charge in [-0.2, -0.15) is 0 Å². The van der Waals surface area contributed by atoms with Crippen molar-refractivity contribution in [3.63, 3.8) is 0 Å². The molecule has 11 heteroatoms. The molecular formula is C26H17ClN4O5S. The number of aromatic nitrogens is 1. The van der Waals surface area contributed by atoms with E-state index in [-0.39, 0.29) is 16.6 Å². The molecule has 2 heterocycles. The summed E-state index contributed by atoms with van der Waals surface area (Å²) >= 11 is 11.6. The van der Waals surface area contributed by atoms with Crippen molar-refractivity contribution >= 4 is 57.3 Å². The number of thiocarbonyl (C=S) groups is 1. The zero-order valence-electron chi connectivity index (χ0n) is 19.2. The Bertz CT molecular complexity index is 1690. The predicted octanol–water partition coefficient (Wildman–Crippen LogP) is 6.75. The lowest BCUT2D eigenvalue weighted by Gasteiger charge is -2.08. The molecule has 0 spiro atoms. The lowest BCUT2D eigenvalue weighted by atomic mass is 10.1. The summed E-state index contributed by atoms with van der Waals surface area (Å²) < 4.78 is 11.4. The highest BCUT2D eigenvalue weighted by molar-refractivity contribution is 7.80. The van der Waals surface area contributed by atoms with Crippen LogP contribution in [-0.4, -0.2) is 20.9 Å². The van der Waals surface area contributed by atoms with Gasteiger partial charge in [0.2, 0.25) is 5.89 Å². The van der Waals surface area contributed by atoms with Gasteiger partial charge in [0.25, 0.3) is 11.6 Å². The van der Waals surface area contributed by atoms with Crippen LogP contribution in [0.15, 0.2) is 81.6 Å². The van der Waals surface area contributed by atoms with Crippen LogP contribution >= 0.6 is 23.8 Å². The normalized spacial score (nSPS) is 10.9. The minimum absolute atomic E-state index is 0.00257. The molecule has 0 aliphatic carbocycles. The molecule has 0 saturated heterocycles. The number of nitrogens with one attached hydrogen (secondary N) is 2. The minimum Gasteiger partial charge on any atom is -0.451 e. The number of halogens is 1. The molecule has 0 saturated carbocycles. The van der Waals surface area contributed by atoms with Crippen molar-refractivity contribution in [2.24, 2.45) is 0 Å². The van der Waals surface area contributed by atoms with Crippen molar-refractivity contribution in [1.82, 2.24) is 10.3 Å². The second kappa shape index (κ2) is 9.84. The number of nitro benzene ring substituents is 1. The number of carbonyl (C=O) groups is 1. The molecule has 0 bridgehead atoms. The van der Waals surface area contributed by atoms with Gasteiger partial charge >= 0.3 is 0 Å². The van der Waals surface area contributed by atoms with Gasteiger partial charge in [0.1, 0.15) is 11.3 Å². The van der Waals surface area contributed by atoms with Crippen molar-refractivity contribution in [1.29, 1.82) is 0 Å². The van der Waals surface area contributed by atoms with E-state index in [4.69, 9.17) is 32.7 Å². The van der Waals surface area contributed by atoms with Crippen molar-refractivity contribution in [3.8, 4) is 22.8 Å². The maximum Gasteiger partial charge on any atom is 0.293 e. The number of oxazole rings is 1. The third-order valence-corrected chi connectivity index (χ3v) is 5.92. The molecule has 5 aromatic rings. The molecule has 0 atom stereocenters. The first-order valence-corrected chi connectivity index (χ1v) is 11.7. The van der Waals surface area contributed by atoms with Crippen LogP contribution < -0.4 is 10.6 Å². The molecule has 0 radical (unpaired) electrons. The lowest BCUT2D eigenvalue weighted by molar-refractivity contribution is -0.384. The molecular weight excluding hydrogens is 516 g/mol. The van der Waals surface area contributed by atoms with E-state index in [2.05, 4.69) is 15.6 Å². The number of hydrogen-bond acceptors (Lipinski definition) is 7. The van der Waals surface area contributed by atoms with Crippen LogP contribution in [0.5, 0.6) is 0 Å². The SMILES string of the molecule is Cc1ccc(-c2nc3cc(NC(=S)NC(=O)c4ccc(-c5cccc([N+](=O)[O-])c5)o4)ccc3o2)c(Cl)c1. The summed E-state index contributed by atoms with van der Waals surface area (Å²) in [7, 11) is 0. The van der Waals surface area contributed by atoms with E-state index in [0.29, 0.717) is 44.6 Å². The molecule has 2 N–H and O–H groups in total.